The van der Waals surface area contributed by atoms with E-state index in [2.05, 4.69) is 11.8 Å². The summed E-state index contributed by atoms with van der Waals surface area (Å²) >= 11 is 0. The van der Waals surface area contributed by atoms with E-state index in [1.807, 2.05) is 18.2 Å². The number of piperidine rings is 1. The normalized spacial score (nSPS) is 17.0. The number of hydrogen-bond donors (Lipinski definition) is 0. The minimum Gasteiger partial charge on any atom is -0.494 e. The summed E-state index contributed by atoms with van der Waals surface area (Å²) in [5, 5.41) is 0. The Balaban J connectivity index is 1.62. The Bertz CT molecular complexity index is 484. The van der Waals surface area contributed by atoms with Crippen molar-refractivity contribution < 1.29 is 4.74 Å². The summed E-state index contributed by atoms with van der Waals surface area (Å²) in [7, 11) is 14.1. The van der Waals surface area contributed by atoms with Gasteiger partial charge in [-0.2, -0.15) is 0 Å². The van der Waals surface area contributed by atoms with E-state index in [0.29, 0.717) is 5.92 Å². The van der Waals surface area contributed by atoms with E-state index in [9.17, 15) is 0 Å². The van der Waals surface area contributed by atoms with Gasteiger partial charge in [0.2, 0.25) is 0 Å². The maximum atomic E-state index is 5.88. The predicted molar refractivity (Wildman–Crippen MR) is 109 cm³/mol. The molecule has 1 unspecified atom stereocenters. The lowest BCUT2D eigenvalue weighted by Crippen LogP contribution is -2.30. The highest BCUT2D eigenvalue weighted by atomic mass is 35.7. The lowest BCUT2D eigenvalue weighted by atomic mass is 10.0. The smallest absolute Gasteiger partial charge is 0.120 e. The lowest BCUT2D eigenvalue weighted by molar-refractivity contribution is 0.216. The second-order valence-electron chi connectivity index (χ2n) is 6.55. The van der Waals surface area contributed by atoms with Crippen molar-refractivity contribution in [1.82, 2.24) is 4.90 Å². The van der Waals surface area contributed by atoms with Crippen LogP contribution in [-0.4, -0.2) is 31.1 Å². The molecule has 0 spiro atoms. The van der Waals surface area contributed by atoms with Crippen LogP contribution in [0.15, 0.2) is 28.0 Å². The SMILES string of the molecule is CC(CCCN1CCCCC1)CCOc1ccc(SCl)c(SCl)c1. The number of benzene rings is 1. The zero-order chi connectivity index (χ0) is 17.2. The molecule has 0 saturated carbocycles. The summed E-state index contributed by atoms with van der Waals surface area (Å²) in [6, 6.07) is 5.88. The molecule has 1 heterocycles. The second kappa shape index (κ2) is 11.8. The lowest BCUT2D eigenvalue weighted by Gasteiger charge is -2.26. The molecule has 1 aliphatic rings. The Morgan fingerprint density at radius 2 is 1.83 bits per heavy atom. The Labute approximate surface area is 164 Å². The molecule has 1 atom stereocenters. The highest BCUT2D eigenvalue weighted by Gasteiger charge is 2.11. The molecular formula is C18H27Cl2NOS2. The van der Waals surface area contributed by atoms with Gasteiger partial charge in [0, 0.05) is 9.79 Å². The minimum absolute atomic E-state index is 0.703. The maximum Gasteiger partial charge on any atom is 0.120 e. The van der Waals surface area contributed by atoms with Crippen molar-refractivity contribution in [1.29, 1.82) is 0 Å². The van der Waals surface area contributed by atoms with Crippen LogP contribution in [0.2, 0.25) is 0 Å². The molecule has 0 amide bonds. The largest absolute Gasteiger partial charge is 0.494 e. The molecule has 0 N–H and O–H groups in total. The Kier molecular flexibility index (Phi) is 10.1. The molecule has 0 radical (unpaired) electrons. The van der Waals surface area contributed by atoms with Gasteiger partial charge < -0.3 is 9.64 Å². The van der Waals surface area contributed by atoms with Crippen LogP contribution in [0.1, 0.15) is 45.4 Å². The first-order valence-electron chi connectivity index (χ1n) is 8.79. The van der Waals surface area contributed by atoms with Crippen molar-refractivity contribution in [2.24, 2.45) is 5.92 Å². The van der Waals surface area contributed by atoms with E-state index >= 15 is 0 Å². The zero-order valence-corrected chi connectivity index (χ0v) is 17.5. The van der Waals surface area contributed by atoms with E-state index in [0.717, 1.165) is 28.6 Å². The summed E-state index contributed by atoms with van der Waals surface area (Å²) in [6.45, 7) is 6.94. The average molecular weight is 408 g/mol. The molecule has 1 fully saturated rings. The van der Waals surface area contributed by atoms with Crippen molar-refractivity contribution >= 4 is 43.3 Å². The third-order valence-corrected chi connectivity index (χ3v) is 6.73. The molecule has 6 heteroatoms. The van der Waals surface area contributed by atoms with Gasteiger partial charge in [0.15, 0.2) is 0 Å². The number of nitrogens with zero attached hydrogens (tertiary/aromatic N) is 1. The average Bonchev–Trinajstić information content (AvgIpc) is 2.62. The summed E-state index contributed by atoms with van der Waals surface area (Å²) in [4.78, 5) is 4.54. The van der Waals surface area contributed by atoms with Crippen molar-refractivity contribution in [3.05, 3.63) is 18.2 Å². The summed E-state index contributed by atoms with van der Waals surface area (Å²) in [6.07, 6.45) is 7.86. The Morgan fingerprint density at radius 3 is 2.54 bits per heavy atom. The third-order valence-electron chi connectivity index (χ3n) is 4.58. The third kappa shape index (κ3) is 7.25. The van der Waals surface area contributed by atoms with Gasteiger partial charge in [-0.25, -0.2) is 0 Å². The number of ether oxygens (including phenoxy) is 1. The van der Waals surface area contributed by atoms with Gasteiger partial charge in [-0.3, -0.25) is 0 Å². The zero-order valence-electron chi connectivity index (χ0n) is 14.3. The number of likely N-dealkylation sites (tertiary alicyclic amines) is 1. The number of halogens is 2. The van der Waals surface area contributed by atoms with Crippen LogP contribution in [0.25, 0.3) is 0 Å². The molecular weight excluding hydrogens is 381 g/mol. The number of rotatable bonds is 10. The standard InChI is InChI=1S/C18H27Cl2NOS2/c1-15(6-5-12-21-10-3-2-4-11-21)9-13-22-16-7-8-17(23-19)18(14-16)24-20/h7-8,14-15H,2-6,9-13H2,1H3. The molecule has 1 aliphatic heterocycles. The van der Waals surface area contributed by atoms with E-state index in [1.54, 1.807) is 0 Å². The molecule has 0 aliphatic carbocycles. The minimum atomic E-state index is 0.703. The molecule has 1 aromatic rings. The summed E-state index contributed by atoms with van der Waals surface area (Å²) in [5.41, 5.74) is 0. The first-order valence-corrected chi connectivity index (χ1v) is 12.1. The van der Waals surface area contributed by atoms with Crippen LogP contribution in [0.3, 0.4) is 0 Å². The van der Waals surface area contributed by atoms with E-state index < -0.39 is 0 Å². The molecule has 2 nitrogen and oxygen atoms in total. The van der Waals surface area contributed by atoms with Crippen LogP contribution in [-0.2, 0) is 0 Å². The first kappa shape index (κ1) is 20.6. The van der Waals surface area contributed by atoms with Crippen LogP contribution in [0.5, 0.6) is 5.75 Å². The fourth-order valence-corrected chi connectivity index (χ4v) is 4.94. The molecule has 136 valence electrons. The molecule has 0 bridgehead atoms. The van der Waals surface area contributed by atoms with Gasteiger partial charge >= 0.3 is 0 Å². The van der Waals surface area contributed by atoms with Crippen molar-refractivity contribution in [2.45, 2.75) is 55.2 Å². The van der Waals surface area contributed by atoms with Gasteiger partial charge in [0.25, 0.3) is 0 Å². The highest BCUT2D eigenvalue weighted by Crippen LogP contribution is 2.37. The predicted octanol–water partition coefficient (Wildman–Crippen LogP) is 6.85. The molecule has 2 rings (SSSR count). The monoisotopic (exact) mass is 407 g/mol. The van der Waals surface area contributed by atoms with Crippen molar-refractivity contribution in [2.75, 3.05) is 26.2 Å². The first-order chi connectivity index (χ1) is 11.7. The number of hydrogen-bond acceptors (Lipinski definition) is 4. The molecule has 0 aromatic heterocycles. The van der Waals surface area contributed by atoms with E-state index in [1.165, 1.54) is 73.7 Å². The van der Waals surface area contributed by atoms with Gasteiger partial charge in [0.1, 0.15) is 5.75 Å². The molecule has 1 saturated heterocycles. The fraction of sp³-hybridized carbons (Fsp3) is 0.667. The fourth-order valence-electron chi connectivity index (χ4n) is 3.07. The van der Waals surface area contributed by atoms with Crippen molar-refractivity contribution in [3.63, 3.8) is 0 Å². The van der Waals surface area contributed by atoms with Crippen LogP contribution >= 0.6 is 43.3 Å². The van der Waals surface area contributed by atoms with Crippen LogP contribution < -0.4 is 4.74 Å². The van der Waals surface area contributed by atoms with Crippen LogP contribution in [0, 0.1) is 5.92 Å². The second-order valence-corrected chi connectivity index (χ2v) is 8.66. The molecule has 1 aromatic carbocycles. The van der Waals surface area contributed by atoms with Gasteiger partial charge in [-0.15, -0.1) is 0 Å². The van der Waals surface area contributed by atoms with Gasteiger partial charge in [-0.1, -0.05) is 13.3 Å². The Morgan fingerprint density at radius 1 is 1.08 bits per heavy atom. The summed E-state index contributed by atoms with van der Waals surface area (Å²) < 4.78 is 5.88. The maximum absolute atomic E-state index is 5.88. The Hall–Kier alpha value is 0.260. The van der Waals surface area contributed by atoms with E-state index in [-0.39, 0.29) is 0 Å². The van der Waals surface area contributed by atoms with Gasteiger partial charge in [-0.05, 0) is 119 Å². The van der Waals surface area contributed by atoms with E-state index in [4.69, 9.17) is 26.1 Å². The van der Waals surface area contributed by atoms with Gasteiger partial charge in [0.05, 0.1) is 6.61 Å². The van der Waals surface area contributed by atoms with Crippen molar-refractivity contribution in [3.8, 4) is 5.75 Å². The quantitative estimate of drug-likeness (QED) is 0.420. The highest BCUT2D eigenvalue weighted by molar-refractivity contribution is 8.23. The van der Waals surface area contributed by atoms with Crippen LogP contribution in [0.4, 0.5) is 0 Å². The topological polar surface area (TPSA) is 12.5 Å². The summed E-state index contributed by atoms with van der Waals surface area (Å²) in [5.74, 6) is 1.57. The molecule has 24 heavy (non-hydrogen) atoms.